The van der Waals surface area contributed by atoms with Crippen molar-refractivity contribution in [1.82, 2.24) is 25.2 Å². The summed E-state index contributed by atoms with van der Waals surface area (Å²) in [6, 6.07) is 19.2. The Bertz CT molecular complexity index is 1250. The molecule has 32 heavy (non-hydrogen) atoms. The molecule has 160 valence electrons. The maximum absolute atomic E-state index is 12.3. The summed E-state index contributed by atoms with van der Waals surface area (Å²) in [4.78, 5) is 16.4. The zero-order valence-electron chi connectivity index (χ0n) is 16.5. The van der Waals surface area contributed by atoms with E-state index < -0.39 is 0 Å². The number of carbonyl (C=O) groups excluding carboxylic acids is 1. The Labute approximate surface area is 205 Å². The average Bonchev–Trinajstić information content (AvgIpc) is 3.23. The van der Waals surface area contributed by atoms with Gasteiger partial charge in [0.05, 0.1) is 12.0 Å². The quantitative estimate of drug-likeness (QED) is 0.189. The highest BCUT2D eigenvalue weighted by molar-refractivity contribution is 9.10. The summed E-state index contributed by atoms with van der Waals surface area (Å²) in [6.07, 6.45) is 5.01. The summed E-state index contributed by atoms with van der Waals surface area (Å²) in [7, 11) is 0. The number of amides is 1. The number of carbonyl (C=O) groups is 1. The Morgan fingerprint density at radius 3 is 2.56 bits per heavy atom. The van der Waals surface area contributed by atoms with Crippen LogP contribution in [0.15, 0.2) is 92.3 Å². The second-order valence-corrected chi connectivity index (χ2v) is 9.26. The SMILES string of the molecule is O=C(CSc1nnc(-c2ccncc2)n1-c1ccc(Br)cc1)N/N=C\c1cccc(Br)c1. The number of hydrogen-bond acceptors (Lipinski definition) is 6. The fourth-order valence-electron chi connectivity index (χ4n) is 2.80. The Morgan fingerprint density at radius 2 is 1.81 bits per heavy atom. The molecular formula is C22H16Br2N6OS. The Morgan fingerprint density at radius 1 is 1.03 bits per heavy atom. The first-order valence-electron chi connectivity index (χ1n) is 9.42. The summed E-state index contributed by atoms with van der Waals surface area (Å²) < 4.78 is 3.84. The van der Waals surface area contributed by atoms with E-state index in [1.54, 1.807) is 18.6 Å². The van der Waals surface area contributed by atoms with Crippen molar-refractivity contribution in [3.63, 3.8) is 0 Å². The molecule has 10 heteroatoms. The summed E-state index contributed by atoms with van der Waals surface area (Å²) in [5.41, 5.74) is 5.20. The maximum atomic E-state index is 12.3. The van der Waals surface area contributed by atoms with Gasteiger partial charge in [-0.05, 0) is 54.1 Å². The van der Waals surface area contributed by atoms with Crippen molar-refractivity contribution in [3.05, 3.63) is 87.6 Å². The Hall–Kier alpha value is -2.82. The van der Waals surface area contributed by atoms with Crippen molar-refractivity contribution < 1.29 is 4.79 Å². The minimum absolute atomic E-state index is 0.140. The molecular weight excluding hydrogens is 556 g/mol. The molecule has 0 atom stereocenters. The average molecular weight is 572 g/mol. The van der Waals surface area contributed by atoms with Crippen molar-refractivity contribution in [2.24, 2.45) is 5.10 Å². The molecule has 1 amide bonds. The molecule has 7 nitrogen and oxygen atoms in total. The number of nitrogens with zero attached hydrogens (tertiary/aromatic N) is 5. The van der Waals surface area contributed by atoms with Crippen LogP contribution in [0.2, 0.25) is 0 Å². The van der Waals surface area contributed by atoms with Crippen molar-refractivity contribution in [1.29, 1.82) is 0 Å². The summed E-state index contributed by atoms with van der Waals surface area (Å²) in [5, 5.41) is 13.3. The fourth-order valence-corrected chi connectivity index (χ4v) is 4.23. The number of aromatic nitrogens is 4. The third-order valence-corrected chi connectivity index (χ3v) is 6.19. The van der Waals surface area contributed by atoms with Gasteiger partial charge in [-0.2, -0.15) is 5.10 Å². The fraction of sp³-hybridized carbons (Fsp3) is 0.0455. The van der Waals surface area contributed by atoms with Gasteiger partial charge in [0.1, 0.15) is 0 Å². The molecule has 0 aliphatic heterocycles. The lowest BCUT2D eigenvalue weighted by molar-refractivity contribution is -0.118. The lowest BCUT2D eigenvalue weighted by Gasteiger charge is -2.10. The van der Waals surface area contributed by atoms with Gasteiger partial charge in [0, 0.05) is 32.6 Å². The van der Waals surface area contributed by atoms with E-state index in [9.17, 15) is 4.79 Å². The highest BCUT2D eigenvalue weighted by Crippen LogP contribution is 2.28. The molecule has 0 bridgehead atoms. The molecule has 0 unspecified atom stereocenters. The van der Waals surface area contributed by atoms with E-state index >= 15 is 0 Å². The smallest absolute Gasteiger partial charge is 0.250 e. The minimum Gasteiger partial charge on any atom is -0.272 e. The molecule has 0 saturated heterocycles. The van der Waals surface area contributed by atoms with Crippen molar-refractivity contribution in [2.45, 2.75) is 5.16 Å². The van der Waals surface area contributed by atoms with E-state index in [0.717, 1.165) is 25.8 Å². The van der Waals surface area contributed by atoms with E-state index in [2.05, 4.69) is 57.6 Å². The predicted molar refractivity (Wildman–Crippen MR) is 133 cm³/mol. The van der Waals surface area contributed by atoms with E-state index in [1.165, 1.54) is 11.8 Å². The predicted octanol–water partition coefficient (Wildman–Crippen LogP) is 5.10. The van der Waals surface area contributed by atoms with Gasteiger partial charge in [-0.3, -0.25) is 14.3 Å². The van der Waals surface area contributed by atoms with E-state index in [0.29, 0.717) is 11.0 Å². The van der Waals surface area contributed by atoms with Crippen LogP contribution in [0.5, 0.6) is 0 Å². The second kappa shape index (κ2) is 10.7. The molecule has 4 aromatic rings. The van der Waals surface area contributed by atoms with Crippen LogP contribution in [0.4, 0.5) is 0 Å². The number of rotatable bonds is 7. The van der Waals surface area contributed by atoms with Crippen molar-refractivity contribution in [2.75, 3.05) is 5.75 Å². The van der Waals surface area contributed by atoms with Crippen molar-refractivity contribution in [3.8, 4) is 17.1 Å². The van der Waals surface area contributed by atoms with Gasteiger partial charge in [-0.1, -0.05) is 55.8 Å². The van der Waals surface area contributed by atoms with Crippen LogP contribution in [0.25, 0.3) is 17.1 Å². The first-order chi connectivity index (χ1) is 15.6. The molecule has 0 fully saturated rings. The summed E-state index contributed by atoms with van der Waals surface area (Å²) in [6.45, 7) is 0. The molecule has 4 rings (SSSR count). The molecule has 2 aromatic carbocycles. The largest absolute Gasteiger partial charge is 0.272 e. The van der Waals surface area contributed by atoms with Gasteiger partial charge in [0.15, 0.2) is 11.0 Å². The number of benzene rings is 2. The van der Waals surface area contributed by atoms with Crippen molar-refractivity contribution >= 4 is 55.7 Å². The number of nitrogens with one attached hydrogen (secondary N) is 1. The topological polar surface area (TPSA) is 85.1 Å². The molecule has 0 spiro atoms. The van der Waals surface area contributed by atoms with Crippen LogP contribution in [-0.4, -0.2) is 37.6 Å². The van der Waals surface area contributed by atoms with E-state index in [1.807, 2.05) is 65.2 Å². The number of hydrogen-bond donors (Lipinski definition) is 1. The minimum atomic E-state index is -0.239. The maximum Gasteiger partial charge on any atom is 0.250 e. The molecule has 0 aliphatic carbocycles. The normalized spacial score (nSPS) is 11.1. The molecule has 0 radical (unpaired) electrons. The van der Waals surface area contributed by atoms with Crippen LogP contribution in [0.3, 0.4) is 0 Å². The van der Waals surface area contributed by atoms with Gasteiger partial charge >= 0.3 is 0 Å². The van der Waals surface area contributed by atoms with Gasteiger partial charge in [-0.15, -0.1) is 10.2 Å². The Kier molecular flexibility index (Phi) is 7.46. The van der Waals surface area contributed by atoms with Gasteiger partial charge < -0.3 is 0 Å². The standard InChI is InChI=1S/C22H16Br2N6OS/c23-17-4-6-19(7-5-17)30-21(16-8-10-25-11-9-16)28-29-22(30)32-14-20(31)27-26-13-15-2-1-3-18(24)12-15/h1-13H,14H2,(H,27,31)/b26-13-. The zero-order chi connectivity index (χ0) is 22.3. The van der Waals surface area contributed by atoms with E-state index in [-0.39, 0.29) is 11.7 Å². The highest BCUT2D eigenvalue weighted by Gasteiger charge is 2.17. The lowest BCUT2D eigenvalue weighted by atomic mass is 10.2. The zero-order valence-corrected chi connectivity index (χ0v) is 20.5. The van der Waals surface area contributed by atoms with Crippen LogP contribution in [0, 0.1) is 0 Å². The van der Waals surface area contributed by atoms with E-state index in [4.69, 9.17) is 0 Å². The lowest BCUT2D eigenvalue weighted by Crippen LogP contribution is -2.20. The number of pyridine rings is 1. The number of hydrazone groups is 1. The van der Waals surface area contributed by atoms with Crippen LogP contribution in [-0.2, 0) is 4.79 Å². The molecule has 0 saturated carbocycles. The molecule has 2 heterocycles. The van der Waals surface area contributed by atoms with Gasteiger partial charge in [-0.25, -0.2) is 5.43 Å². The first kappa shape index (κ1) is 22.4. The highest BCUT2D eigenvalue weighted by atomic mass is 79.9. The van der Waals surface area contributed by atoms with Crippen LogP contribution < -0.4 is 5.43 Å². The number of thioether (sulfide) groups is 1. The van der Waals surface area contributed by atoms with Gasteiger partial charge in [0.25, 0.3) is 5.91 Å². The summed E-state index contributed by atoms with van der Waals surface area (Å²) in [5.74, 6) is 0.572. The first-order valence-corrected chi connectivity index (χ1v) is 12.0. The molecule has 0 aliphatic rings. The molecule has 1 N–H and O–H groups in total. The third-order valence-electron chi connectivity index (χ3n) is 4.24. The third kappa shape index (κ3) is 5.70. The van der Waals surface area contributed by atoms with Crippen LogP contribution >= 0.6 is 43.6 Å². The van der Waals surface area contributed by atoms with Gasteiger partial charge in [0.2, 0.25) is 0 Å². The Balaban J connectivity index is 1.50. The second-order valence-electron chi connectivity index (χ2n) is 6.49. The van der Waals surface area contributed by atoms with Crippen LogP contribution in [0.1, 0.15) is 5.56 Å². The number of halogens is 2. The molecule has 2 aromatic heterocycles. The monoisotopic (exact) mass is 570 g/mol. The summed E-state index contributed by atoms with van der Waals surface area (Å²) >= 11 is 8.16.